The molecule has 0 aliphatic carbocycles. The quantitative estimate of drug-likeness (QED) is 0.721. The lowest BCUT2D eigenvalue weighted by Gasteiger charge is -2.28. The van der Waals surface area contributed by atoms with Crippen molar-refractivity contribution in [3.8, 4) is 0 Å². The van der Waals surface area contributed by atoms with Crippen molar-refractivity contribution in [3.63, 3.8) is 0 Å². The standard InChI is InChI=1S/C18H27N3O3/c1-4-16(13-22)21(11-15-9-7-6-8-10-15)12-17-19-18(20-24-17)14(3)23-5-2/h6-10,14,16,22H,4-5,11-13H2,1-3H3/t14?,16-/m0/s1. The average molecular weight is 333 g/mol. The van der Waals surface area contributed by atoms with Crippen molar-refractivity contribution in [2.24, 2.45) is 0 Å². The summed E-state index contributed by atoms with van der Waals surface area (Å²) in [6, 6.07) is 10.2. The van der Waals surface area contributed by atoms with Crippen LogP contribution in [-0.2, 0) is 17.8 Å². The third-order valence-corrected chi connectivity index (χ3v) is 4.03. The van der Waals surface area contributed by atoms with Gasteiger partial charge in [-0.3, -0.25) is 4.90 Å². The van der Waals surface area contributed by atoms with Gasteiger partial charge in [0, 0.05) is 19.2 Å². The third kappa shape index (κ3) is 5.12. The maximum Gasteiger partial charge on any atom is 0.240 e. The van der Waals surface area contributed by atoms with Gasteiger partial charge >= 0.3 is 0 Å². The number of rotatable bonds is 10. The van der Waals surface area contributed by atoms with E-state index in [1.54, 1.807) is 0 Å². The second kappa shape index (κ2) is 9.52. The lowest BCUT2D eigenvalue weighted by atomic mass is 10.1. The molecular weight excluding hydrogens is 306 g/mol. The molecule has 0 saturated carbocycles. The molecule has 1 N–H and O–H groups in total. The fourth-order valence-electron chi connectivity index (χ4n) is 2.63. The second-order valence-electron chi connectivity index (χ2n) is 5.78. The van der Waals surface area contributed by atoms with E-state index in [0.717, 1.165) is 13.0 Å². The lowest BCUT2D eigenvalue weighted by Crippen LogP contribution is -2.36. The van der Waals surface area contributed by atoms with Crippen molar-refractivity contribution in [2.75, 3.05) is 13.2 Å². The molecule has 1 heterocycles. The molecule has 24 heavy (non-hydrogen) atoms. The largest absolute Gasteiger partial charge is 0.395 e. The topological polar surface area (TPSA) is 71.6 Å². The Balaban J connectivity index is 2.10. The Kier molecular flexibility index (Phi) is 7.36. The number of nitrogens with zero attached hydrogens (tertiary/aromatic N) is 3. The van der Waals surface area contributed by atoms with Crippen LogP contribution in [0.4, 0.5) is 0 Å². The molecule has 1 aromatic carbocycles. The molecule has 0 bridgehead atoms. The average Bonchev–Trinajstić information content (AvgIpc) is 3.06. The van der Waals surface area contributed by atoms with E-state index in [-0.39, 0.29) is 18.8 Å². The number of aliphatic hydroxyl groups excluding tert-OH is 1. The molecule has 2 rings (SSSR count). The molecule has 0 aliphatic heterocycles. The Morgan fingerprint density at radius 2 is 1.96 bits per heavy atom. The Morgan fingerprint density at radius 3 is 2.58 bits per heavy atom. The number of benzene rings is 1. The van der Waals surface area contributed by atoms with Crippen LogP contribution in [0.25, 0.3) is 0 Å². The van der Waals surface area contributed by atoms with Crippen LogP contribution in [0.1, 0.15) is 50.6 Å². The van der Waals surface area contributed by atoms with E-state index in [2.05, 4.69) is 34.1 Å². The Bertz CT molecular complexity index is 584. The zero-order valence-electron chi connectivity index (χ0n) is 14.7. The molecule has 0 amide bonds. The van der Waals surface area contributed by atoms with Gasteiger partial charge in [-0.25, -0.2) is 0 Å². The molecular formula is C18H27N3O3. The van der Waals surface area contributed by atoms with Crippen LogP contribution in [0.3, 0.4) is 0 Å². The molecule has 0 radical (unpaired) electrons. The van der Waals surface area contributed by atoms with E-state index in [1.807, 2.05) is 32.0 Å². The first-order valence-electron chi connectivity index (χ1n) is 8.50. The van der Waals surface area contributed by atoms with Crippen LogP contribution in [0.2, 0.25) is 0 Å². The minimum Gasteiger partial charge on any atom is -0.395 e. The monoisotopic (exact) mass is 333 g/mol. The predicted molar refractivity (Wildman–Crippen MR) is 91.2 cm³/mol. The first-order chi connectivity index (χ1) is 11.7. The molecule has 2 aromatic rings. The first-order valence-corrected chi connectivity index (χ1v) is 8.50. The zero-order valence-corrected chi connectivity index (χ0v) is 14.7. The molecule has 132 valence electrons. The van der Waals surface area contributed by atoms with Crippen LogP contribution in [0.15, 0.2) is 34.9 Å². The van der Waals surface area contributed by atoms with E-state index in [4.69, 9.17) is 9.26 Å². The maximum absolute atomic E-state index is 9.69. The van der Waals surface area contributed by atoms with Gasteiger partial charge in [0.1, 0.15) is 6.10 Å². The van der Waals surface area contributed by atoms with Crippen LogP contribution in [-0.4, -0.2) is 39.4 Å². The highest BCUT2D eigenvalue weighted by Crippen LogP contribution is 2.17. The lowest BCUT2D eigenvalue weighted by molar-refractivity contribution is 0.0683. The summed E-state index contributed by atoms with van der Waals surface area (Å²) in [7, 11) is 0. The fourth-order valence-corrected chi connectivity index (χ4v) is 2.63. The summed E-state index contributed by atoms with van der Waals surface area (Å²) < 4.78 is 10.9. The zero-order chi connectivity index (χ0) is 17.4. The fraction of sp³-hybridized carbons (Fsp3) is 0.556. The van der Waals surface area contributed by atoms with Gasteiger partial charge in [-0.2, -0.15) is 4.98 Å². The highest BCUT2D eigenvalue weighted by molar-refractivity contribution is 5.14. The van der Waals surface area contributed by atoms with E-state index >= 15 is 0 Å². The number of aliphatic hydroxyl groups is 1. The molecule has 1 aromatic heterocycles. The van der Waals surface area contributed by atoms with Crippen molar-refractivity contribution in [1.29, 1.82) is 0 Å². The van der Waals surface area contributed by atoms with Crippen LogP contribution < -0.4 is 0 Å². The highest BCUT2D eigenvalue weighted by Gasteiger charge is 2.21. The van der Waals surface area contributed by atoms with Gasteiger partial charge in [0.25, 0.3) is 0 Å². The van der Waals surface area contributed by atoms with Gasteiger partial charge in [0.2, 0.25) is 5.89 Å². The van der Waals surface area contributed by atoms with Gasteiger partial charge in [0.15, 0.2) is 5.82 Å². The summed E-state index contributed by atoms with van der Waals surface area (Å²) in [4.78, 5) is 6.60. The van der Waals surface area contributed by atoms with E-state index in [0.29, 0.717) is 24.9 Å². The minimum absolute atomic E-state index is 0.0462. The van der Waals surface area contributed by atoms with Crippen LogP contribution in [0.5, 0.6) is 0 Å². The van der Waals surface area contributed by atoms with Crippen molar-refractivity contribution >= 4 is 0 Å². The normalized spacial score (nSPS) is 14.0. The smallest absolute Gasteiger partial charge is 0.240 e. The molecule has 6 nitrogen and oxygen atoms in total. The minimum atomic E-state index is -0.185. The molecule has 0 saturated heterocycles. The summed E-state index contributed by atoms with van der Waals surface area (Å²) in [5.74, 6) is 1.10. The number of aromatic nitrogens is 2. The summed E-state index contributed by atoms with van der Waals surface area (Å²) in [6.45, 7) is 7.83. The van der Waals surface area contributed by atoms with Gasteiger partial charge in [-0.15, -0.1) is 0 Å². The van der Waals surface area contributed by atoms with E-state index < -0.39 is 0 Å². The Labute approximate surface area is 143 Å². The van der Waals surface area contributed by atoms with Gasteiger partial charge in [0.05, 0.1) is 13.2 Å². The molecule has 0 aliphatic rings. The van der Waals surface area contributed by atoms with Gasteiger partial charge < -0.3 is 14.4 Å². The second-order valence-corrected chi connectivity index (χ2v) is 5.78. The Hall–Kier alpha value is -1.76. The number of hydrogen-bond acceptors (Lipinski definition) is 6. The van der Waals surface area contributed by atoms with Crippen molar-refractivity contribution < 1.29 is 14.4 Å². The van der Waals surface area contributed by atoms with Crippen molar-refractivity contribution in [3.05, 3.63) is 47.6 Å². The highest BCUT2D eigenvalue weighted by atomic mass is 16.5. The van der Waals surface area contributed by atoms with Crippen molar-refractivity contribution in [1.82, 2.24) is 15.0 Å². The molecule has 0 spiro atoms. The molecule has 1 unspecified atom stereocenters. The molecule has 6 heteroatoms. The van der Waals surface area contributed by atoms with Crippen molar-refractivity contribution in [2.45, 2.75) is 52.4 Å². The summed E-state index contributed by atoms with van der Waals surface area (Å²) >= 11 is 0. The number of ether oxygens (including phenoxy) is 1. The van der Waals surface area contributed by atoms with E-state index in [9.17, 15) is 5.11 Å². The first kappa shape index (κ1) is 18.6. The van der Waals surface area contributed by atoms with E-state index in [1.165, 1.54) is 5.56 Å². The maximum atomic E-state index is 9.69. The molecule has 2 atom stereocenters. The predicted octanol–water partition coefficient (Wildman–Crippen LogP) is 2.94. The SMILES string of the molecule is CCOC(C)c1noc(CN(Cc2ccccc2)[C@@H](CC)CO)n1. The Morgan fingerprint density at radius 1 is 1.21 bits per heavy atom. The molecule has 0 fully saturated rings. The van der Waals surface area contributed by atoms with Gasteiger partial charge in [-0.05, 0) is 25.8 Å². The summed E-state index contributed by atoms with van der Waals surface area (Å²) in [5.41, 5.74) is 1.19. The van der Waals surface area contributed by atoms with Gasteiger partial charge in [-0.1, -0.05) is 42.4 Å². The van der Waals surface area contributed by atoms with Crippen LogP contribution in [0, 0.1) is 0 Å². The number of hydrogen-bond donors (Lipinski definition) is 1. The van der Waals surface area contributed by atoms with Crippen LogP contribution >= 0.6 is 0 Å². The summed E-state index contributed by atoms with van der Waals surface area (Å²) in [5, 5.41) is 13.7. The summed E-state index contributed by atoms with van der Waals surface area (Å²) in [6.07, 6.45) is 0.662. The third-order valence-electron chi connectivity index (χ3n) is 4.03.